The van der Waals surface area contributed by atoms with Crippen molar-refractivity contribution in [1.82, 2.24) is 0 Å². The fraction of sp³-hybridized carbons (Fsp3) is 0.231. The van der Waals surface area contributed by atoms with E-state index in [0.29, 0.717) is 0 Å². The third-order valence-corrected chi connectivity index (χ3v) is 1.70. The van der Waals surface area contributed by atoms with E-state index in [4.69, 9.17) is 0 Å². The van der Waals surface area contributed by atoms with Gasteiger partial charge in [-0.3, -0.25) is 0 Å². The molecule has 67 valence electrons. The normalized spacial score (nSPS) is 30.2. The minimum Gasteiger partial charge on any atom is -0.0842 e. The van der Waals surface area contributed by atoms with E-state index in [9.17, 15) is 0 Å². The molecule has 1 aliphatic carbocycles. The van der Waals surface area contributed by atoms with Crippen LogP contribution in [0.15, 0.2) is 54.7 Å². The lowest BCUT2D eigenvalue weighted by atomic mass is 10.2. The summed E-state index contributed by atoms with van der Waals surface area (Å²) in [5.41, 5.74) is 0. The van der Waals surface area contributed by atoms with E-state index < -0.39 is 0 Å². The monoisotopic (exact) mass is 171 g/mol. The Morgan fingerprint density at radius 2 is 1.54 bits per heavy atom. The van der Waals surface area contributed by atoms with Gasteiger partial charge in [0.15, 0.2) is 0 Å². The van der Waals surface area contributed by atoms with E-state index in [0.717, 1.165) is 19.3 Å². The molecule has 0 fully saturated rings. The van der Waals surface area contributed by atoms with Crippen LogP contribution in [-0.2, 0) is 0 Å². The summed E-state index contributed by atoms with van der Waals surface area (Å²) in [4.78, 5) is 0. The quantitative estimate of drug-likeness (QED) is 0.520. The van der Waals surface area contributed by atoms with Crippen molar-refractivity contribution in [2.75, 3.05) is 0 Å². The standard InChI is InChI=1S/C13H15/c1-2-4-6-8-10-12-13-11-9-7-5-3-1/h1-4,7,9-10,12-13H,5-6,8H2/b3-1+,4-2-,9-7+,12-10-,13-11?. The molecule has 0 N–H and O–H groups in total. The average Bonchev–Trinajstić information content (AvgIpc) is 2.18. The zero-order valence-electron chi connectivity index (χ0n) is 7.82. The van der Waals surface area contributed by atoms with Crippen molar-refractivity contribution in [3.05, 3.63) is 60.8 Å². The summed E-state index contributed by atoms with van der Waals surface area (Å²) < 4.78 is 0. The molecule has 0 aromatic heterocycles. The van der Waals surface area contributed by atoms with Gasteiger partial charge in [-0.25, -0.2) is 0 Å². The first kappa shape index (κ1) is 9.79. The molecule has 0 bridgehead atoms. The zero-order valence-corrected chi connectivity index (χ0v) is 7.82. The number of allylic oxidation sites excluding steroid dienone is 10. The predicted molar refractivity (Wildman–Crippen MR) is 58.2 cm³/mol. The third-order valence-electron chi connectivity index (χ3n) is 1.70. The highest BCUT2D eigenvalue weighted by molar-refractivity contribution is 5.10. The summed E-state index contributed by atoms with van der Waals surface area (Å²) in [6, 6.07) is 0. The van der Waals surface area contributed by atoms with Crippen molar-refractivity contribution in [3.8, 4) is 0 Å². The molecule has 0 heteroatoms. The Morgan fingerprint density at radius 3 is 2.46 bits per heavy atom. The first-order valence-electron chi connectivity index (χ1n) is 4.71. The second-order valence-electron chi connectivity index (χ2n) is 2.83. The predicted octanol–water partition coefficient (Wildman–Crippen LogP) is 3.75. The molecule has 0 saturated carbocycles. The van der Waals surface area contributed by atoms with Gasteiger partial charge in [-0.15, -0.1) is 0 Å². The smallest absolute Gasteiger partial charge is 0.0163 e. The molecule has 1 rings (SSSR count). The van der Waals surface area contributed by atoms with Gasteiger partial charge in [0, 0.05) is 0 Å². The van der Waals surface area contributed by atoms with Crippen LogP contribution < -0.4 is 0 Å². The maximum Gasteiger partial charge on any atom is -0.0163 e. The summed E-state index contributed by atoms with van der Waals surface area (Å²) in [5.74, 6) is 0. The van der Waals surface area contributed by atoms with Gasteiger partial charge in [-0.2, -0.15) is 0 Å². The lowest BCUT2D eigenvalue weighted by Gasteiger charge is -1.83. The van der Waals surface area contributed by atoms with Crippen LogP contribution in [0.4, 0.5) is 0 Å². The Bertz CT molecular complexity index is 249. The van der Waals surface area contributed by atoms with Gasteiger partial charge >= 0.3 is 0 Å². The van der Waals surface area contributed by atoms with Crippen LogP contribution in [-0.4, -0.2) is 0 Å². The Labute approximate surface area is 80.7 Å². The lowest BCUT2D eigenvalue weighted by molar-refractivity contribution is 1.05. The molecular formula is C13H15. The van der Waals surface area contributed by atoms with Crippen LogP contribution in [0.2, 0.25) is 0 Å². The van der Waals surface area contributed by atoms with E-state index in [2.05, 4.69) is 42.5 Å². The second kappa shape index (κ2) is 7.35. The van der Waals surface area contributed by atoms with Gasteiger partial charge in [-0.1, -0.05) is 54.7 Å². The van der Waals surface area contributed by atoms with Gasteiger partial charge in [0.2, 0.25) is 0 Å². The Balaban J connectivity index is 2.49. The van der Waals surface area contributed by atoms with Crippen LogP contribution in [0, 0.1) is 6.08 Å². The third kappa shape index (κ3) is 5.92. The van der Waals surface area contributed by atoms with Crippen molar-refractivity contribution >= 4 is 0 Å². The lowest BCUT2D eigenvalue weighted by Crippen LogP contribution is -1.62. The SMILES string of the molecule is [C]1=C/C=C\CC/C=C\C=C\C/C=C/1. The van der Waals surface area contributed by atoms with Crippen molar-refractivity contribution in [2.24, 2.45) is 0 Å². The van der Waals surface area contributed by atoms with Gasteiger partial charge < -0.3 is 0 Å². The zero-order chi connectivity index (χ0) is 9.19. The minimum absolute atomic E-state index is 0.981. The fourth-order valence-corrected chi connectivity index (χ4v) is 1.01. The van der Waals surface area contributed by atoms with Gasteiger partial charge in [0.1, 0.15) is 0 Å². The molecule has 0 heterocycles. The molecule has 0 aromatic rings. The molecule has 0 aromatic carbocycles. The topological polar surface area (TPSA) is 0 Å². The maximum absolute atomic E-state index is 3.08. The first-order valence-corrected chi connectivity index (χ1v) is 4.71. The van der Waals surface area contributed by atoms with Crippen molar-refractivity contribution in [1.29, 1.82) is 0 Å². The van der Waals surface area contributed by atoms with Gasteiger partial charge in [0.05, 0.1) is 0 Å². The summed E-state index contributed by atoms with van der Waals surface area (Å²) >= 11 is 0. The Hall–Kier alpha value is -1.30. The van der Waals surface area contributed by atoms with E-state index in [-0.39, 0.29) is 0 Å². The molecule has 0 unspecified atom stereocenters. The molecule has 0 nitrogen and oxygen atoms in total. The van der Waals surface area contributed by atoms with Crippen molar-refractivity contribution in [2.45, 2.75) is 19.3 Å². The van der Waals surface area contributed by atoms with Crippen LogP contribution in [0.3, 0.4) is 0 Å². The number of hydrogen-bond acceptors (Lipinski definition) is 0. The second-order valence-corrected chi connectivity index (χ2v) is 2.83. The van der Waals surface area contributed by atoms with E-state index >= 15 is 0 Å². The number of hydrogen-bond donors (Lipinski definition) is 0. The molecule has 0 amide bonds. The maximum atomic E-state index is 3.08. The highest BCUT2D eigenvalue weighted by atomic mass is 13.8. The van der Waals surface area contributed by atoms with Crippen molar-refractivity contribution in [3.63, 3.8) is 0 Å². The first-order chi connectivity index (χ1) is 6.50. The summed E-state index contributed by atoms with van der Waals surface area (Å²) in [7, 11) is 0. The molecule has 0 spiro atoms. The van der Waals surface area contributed by atoms with E-state index in [1.165, 1.54) is 0 Å². The van der Waals surface area contributed by atoms with Crippen LogP contribution >= 0.6 is 0 Å². The van der Waals surface area contributed by atoms with Crippen LogP contribution in [0.5, 0.6) is 0 Å². The summed E-state index contributed by atoms with van der Waals surface area (Å²) in [6.07, 6.45) is 25.0. The fourth-order valence-electron chi connectivity index (χ4n) is 1.01. The molecule has 1 aliphatic rings. The largest absolute Gasteiger partial charge is 0.0842 e. The highest BCUT2D eigenvalue weighted by Gasteiger charge is 1.75. The minimum atomic E-state index is 0.981. The van der Waals surface area contributed by atoms with Gasteiger partial charge in [0.25, 0.3) is 0 Å². The molecular weight excluding hydrogens is 156 g/mol. The summed E-state index contributed by atoms with van der Waals surface area (Å²) in [5, 5.41) is 0. The number of rotatable bonds is 0. The molecule has 0 atom stereocenters. The molecule has 13 heavy (non-hydrogen) atoms. The molecule has 0 saturated heterocycles. The molecule has 1 radical (unpaired) electrons. The average molecular weight is 171 g/mol. The Kier molecular flexibility index (Phi) is 5.54. The van der Waals surface area contributed by atoms with Crippen LogP contribution in [0.25, 0.3) is 0 Å². The van der Waals surface area contributed by atoms with E-state index in [1.54, 1.807) is 0 Å². The summed E-state index contributed by atoms with van der Waals surface area (Å²) in [6.45, 7) is 0. The highest BCUT2D eigenvalue weighted by Crippen LogP contribution is 1.95. The molecule has 0 aliphatic heterocycles. The van der Waals surface area contributed by atoms with Gasteiger partial charge in [-0.05, 0) is 25.3 Å². The Morgan fingerprint density at radius 1 is 0.769 bits per heavy atom. The van der Waals surface area contributed by atoms with Crippen molar-refractivity contribution < 1.29 is 0 Å². The van der Waals surface area contributed by atoms with E-state index in [1.807, 2.05) is 18.2 Å². The van der Waals surface area contributed by atoms with Crippen LogP contribution in [0.1, 0.15) is 19.3 Å².